The smallest absolute Gasteiger partial charge is 0.306 e. The predicted molar refractivity (Wildman–Crippen MR) is 374 cm³/mol. The highest BCUT2D eigenvalue weighted by atomic mass is 32.1. The van der Waals surface area contributed by atoms with Gasteiger partial charge in [-0.25, -0.2) is 9.97 Å². The summed E-state index contributed by atoms with van der Waals surface area (Å²) in [6.45, 7) is 19.7. The molecule has 4 amide bonds. The Morgan fingerprint density at radius 3 is 1.39 bits per heavy atom. The van der Waals surface area contributed by atoms with Gasteiger partial charge in [0.05, 0.1) is 70.5 Å². The van der Waals surface area contributed by atoms with E-state index < -0.39 is 5.60 Å². The molecule has 4 N–H and O–H groups in total. The second-order valence-electron chi connectivity index (χ2n) is 23.9. The lowest BCUT2D eigenvalue weighted by Crippen LogP contribution is -2.29. The van der Waals surface area contributed by atoms with Gasteiger partial charge in [0.25, 0.3) is 11.8 Å². The topological polar surface area (TPSA) is 232 Å². The van der Waals surface area contributed by atoms with Crippen molar-refractivity contribution in [2.75, 3.05) is 106 Å². The molecule has 8 aromatic rings. The van der Waals surface area contributed by atoms with Crippen LogP contribution in [-0.2, 0) is 63.8 Å². The zero-order valence-corrected chi connectivity index (χ0v) is 56.9. The van der Waals surface area contributed by atoms with Crippen LogP contribution in [0.2, 0.25) is 0 Å². The third-order valence-electron chi connectivity index (χ3n) is 15.4. The largest absolute Gasteiger partial charge is 0.491 e. The minimum absolute atomic E-state index is 0.0174. The predicted octanol–water partition coefficient (Wildman–Crippen LogP) is 12.5. The molecule has 0 fully saturated rings. The van der Waals surface area contributed by atoms with Gasteiger partial charge in [0.1, 0.15) is 30.3 Å². The molecule has 0 radical (unpaired) electrons. The number of ether oxygens (including phenoxy) is 7. The Hall–Kier alpha value is -8.67. The number of aryl methyl sites for hydroxylation is 4. The van der Waals surface area contributed by atoms with E-state index in [4.69, 9.17) is 48.9 Å². The number of nitrogens with zero attached hydrogens (tertiary/aromatic N) is 4. The molecular formula is C74H85N7O12S2. The van der Waals surface area contributed by atoms with E-state index in [1.807, 2.05) is 180 Å². The maximum absolute atomic E-state index is 13.3. The van der Waals surface area contributed by atoms with Gasteiger partial charge in [-0.2, -0.15) is 0 Å². The molecule has 0 atom stereocenters. The number of thiazole rings is 2. The zero-order valence-electron chi connectivity index (χ0n) is 55.2. The Kier molecular flexibility index (Phi) is 25.8. The van der Waals surface area contributed by atoms with Crippen molar-refractivity contribution < 1.29 is 57.1 Å². The van der Waals surface area contributed by atoms with Crippen LogP contribution >= 0.6 is 22.7 Å². The van der Waals surface area contributed by atoms with Crippen molar-refractivity contribution in [2.45, 2.75) is 92.6 Å². The first kappa shape index (κ1) is 70.6. The number of hydrogen-bond donors (Lipinski definition) is 3. The van der Waals surface area contributed by atoms with E-state index in [0.29, 0.717) is 120 Å². The number of amides is 4. The van der Waals surface area contributed by atoms with E-state index in [1.54, 1.807) is 0 Å². The van der Waals surface area contributed by atoms with E-state index in [2.05, 4.69) is 22.8 Å². The van der Waals surface area contributed by atoms with Gasteiger partial charge >= 0.3 is 5.97 Å². The van der Waals surface area contributed by atoms with Gasteiger partial charge < -0.3 is 59.3 Å². The minimum Gasteiger partial charge on any atom is -0.491 e. The summed E-state index contributed by atoms with van der Waals surface area (Å²) >= 11 is 2.89. The molecular weight excluding hydrogens is 1240 g/mol. The average Bonchev–Trinajstić information content (AvgIpc) is 1.66. The van der Waals surface area contributed by atoms with Crippen LogP contribution in [0.25, 0.3) is 22.5 Å². The summed E-state index contributed by atoms with van der Waals surface area (Å²) in [6.07, 6.45) is 2.87. The Morgan fingerprint density at radius 1 is 0.516 bits per heavy atom. The molecule has 0 spiro atoms. The van der Waals surface area contributed by atoms with E-state index in [9.17, 15) is 24.0 Å². The highest BCUT2D eigenvalue weighted by Crippen LogP contribution is 2.39. The third kappa shape index (κ3) is 20.7. The number of fused-ring (bicyclic) bond motifs is 2. The van der Waals surface area contributed by atoms with Crippen LogP contribution in [0.4, 0.5) is 21.6 Å². The lowest BCUT2D eigenvalue weighted by atomic mass is 10.0. The molecule has 10 rings (SSSR count). The fourth-order valence-electron chi connectivity index (χ4n) is 10.9. The van der Waals surface area contributed by atoms with Crippen LogP contribution in [0.3, 0.4) is 0 Å². The number of hydrogen-bond acceptors (Lipinski definition) is 17. The standard InChI is InChI=1S/C40H47N3O7S.C34H38N4O5S/c1-27-10-6-7-13-33(27)38(46)43-18-17-30-26-31(15-16-34(30)43)37-28(2)51-39(42-37)41-35(44)25-29-11-8-12-32(24-29)49-23-22-48-21-20-47-19-9-14-36(45)50-40(3,4)5;1-23-6-3-4-9-29(23)33(40)38-14-12-26-22-27(10-11-30(26)38)32-24(2)44-34(37-32)36-31(39)21-25-7-5-8-28(20-25)43-19-18-42-17-16-41-15-13-35/h6-8,10-13,15-16,24,26H,9,14,17-23,25H2,1-5H3,(H,41,42,44);3-11,20,22H,12-19,21,35H2,1-2H3,(H,36,37,39). The van der Waals surface area contributed by atoms with Crippen molar-refractivity contribution in [1.82, 2.24) is 9.97 Å². The molecule has 4 heterocycles. The lowest BCUT2D eigenvalue weighted by molar-refractivity contribution is -0.155. The molecule has 500 valence electrons. The van der Waals surface area contributed by atoms with E-state index >= 15 is 0 Å². The number of nitrogens with one attached hydrogen (secondary N) is 2. The maximum atomic E-state index is 13.3. The Morgan fingerprint density at radius 2 is 0.947 bits per heavy atom. The molecule has 6 aromatic carbocycles. The lowest BCUT2D eigenvalue weighted by Gasteiger charge is -2.19. The van der Waals surface area contributed by atoms with Crippen LogP contribution in [-0.4, -0.2) is 131 Å². The Labute approximate surface area is 564 Å². The summed E-state index contributed by atoms with van der Waals surface area (Å²) in [5, 5.41) is 7.01. The molecule has 95 heavy (non-hydrogen) atoms. The van der Waals surface area contributed by atoms with Crippen molar-refractivity contribution in [3.63, 3.8) is 0 Å². The number of rotatable bonds is 30. The van der Waals surface area contributed by atoms with Crippen LogP contribution in [0, 0.1) is 27.7 Å². The van der Waals surface area contributed by atoms with Crippen molar-refractivity contribution >= 4 is 73.9 Å². The number of esters is 1. The van der Waals surface area contributed by atoms with Crippen LogP contribution in [0.15, 0.2) is 133 Å². The van der Waals surface area contributed by atoms with E-state index in [1.165, 1.54) is 22.7 Å². The molecule has 19 nitrogen and oxygen atoms in total. The fourth-order valence-corrected chi connectivity index (χ4v) is 12.6. The van der Waals surface area contributed by atoms with Gasteiger partial charge in [0.2, 0.25) is 11.8 Å². The number of anilines is 4. The van der Waals surface area contributed by atoms with Gasteiger partial charge in [-0.15, -0.1) is 22.7 Å². The van der Waals surface area contributed by atoms with Crippen LogP contribution < -0.4 is 35.6 Å². The van der Waals surface area contributed by atoms with E-state index in [-0.39, 0.29) is 42.4 Å². The van der Waals surface area contributed by atoms with Crippen molar-refractivity contribution in [1.29, 1.82) is 0 Å². The monoisotopic (exact) mass is 1330 g/mol. The number of carbonyl (C=O) groups excluding carboxylic acids is 5. The van der Waals surface area contributed by atoms with Crippen LogP contribution in [0.5, 0.6) is 11.5 Å². The zero-order chi connectivity index (χ0) is 67.3. The minimum atomic E-state index is -0.473. The summed E-state index contributed by atoms with van der Waals surface area (Å²) in [6, 6.07) is 42.5. The average molecular weight is 1330 g/mol. The summed E-state index contributed by atoms with van der Waals surface area (Å²) in [7, 11) is 0. The van der Waals surface area contributed by atoms with Crippen LogP contribution in [0.1, 0.15) is 97.5 Å². The molecule has 2 aromatic heterocycles. The van der Waals surface area contributed by atoms with Gasteiger partial charge in [-0.1, -0.05) is 72.8 Å². The van der Waals surface area contributed by atoms with Crippen molar-refractivity contribution in [3.8, 4) is 34.0 Å². The SMILES string of the molecule is Cc1ccccc1C(=O)N1CCc2cc(-c3nc(NC(=O)Cc4cccc(OCCOCCOCCCC(=O)OC(C)(C)C)c4)sc3C)ccc21.Cc1ccccc1C(=O)N1CCc2cc(-c3nc(NC(=O)Cc4cccc(OCCOCCOCCN)c4)sc3C)ccc21. The Balaban J connectivity index is 0.000000226. The van der Waals surface area contributed by atoms with Gasteiger partial charge in [0.15, 0.2) is 10.3 Å². The van der Waals surface area contributed by atoms with Gasteiger partial charge in [-0.3, -0.25) is 24.0 Å². The third-order valence-corrected chi connectivity index (χ3v) is 17.2. The first-order chi connectivity index (χ1) is 45.9. The van der Waals surface area contributed by atoms with Crippen molar-refractivity contribution in [2.24, 2.45) is 5.73 Å². The summed E-state index contributed by atoms with van der Waals surface area (Å²) in [5.41, 5.74) is 17.7. The summed E-state index contributed by atoms with van der Waals surface area (Å²) in [5.74, 6) is 0.845. The molecule has 0 saturated carbocycles. The molecule has 2 aliphatic rings. The first-order valence-corrected chi connectivity index (χ1v) is 33.8. The number of nitrogens with two attached hydrogens (primary N) is 1. The first-order valence-electron chi connectivity index (χ1n) is 32.1. The summed E-state index contributed by atoms with van der Waals surface area (Å²) < 4.78 is 38.7. The normalized spacial score (nSPS) is 12.4. The highest BCUT2D eigenvalue weighted by Gasteiger charge is 2.29. The molecule has 2 aliphatic heterocycles. The molecule has 0 bridgehead atoms. The number of aromatic nitrogens is 2. The Bertz CT molecular complexity index is 3940. The van der Waals surface area contributed by atoms with Gasteiger partial charge in [0, 0.05) is 76.0 Å². The maximum Gasteiger partial charge on any atom is 0.306 e. The highest BCUT2D eigenvalue weighted by molar-refractivity contribution is 7.16. The fraction of sp³-hybridized carbons (Fsp3) is 0.365. The molecule has 0 unspecified atom stereocenters. The molecule has 0 aliphatic carbocycles. The second kappa shape index (κ2) is 34.7. The van der Waals surface area contributed by atoms with Gasteiger partial charge in [-0.05, 0) is 162 Å². The van der Waals surface area contributed by atoms with Crippen molar-refractivity contribution in [3.05, 3.63) is 188 Å². The number of benzene rings is 6. The second-order valence-corrected chi connectivity index (χ2v) is 26.4. The quantitative estimate of drug-likeness (QED) is 0.0281. The van der Waals surface area contributed by atoms with E-state index in [0.717, 1.165) is 101 Å². The molecule has 0 saturated heterocycles. The molecule has 21 heteroatoms. The number of carbonyl (C=O) groups is 5. The summed E-state index contributed by atoms with van der Waals surface area (Å²) in [4.78, 5) is 79.4.